The van der Waals surface area contributed by atoms with E-state index in [0.29, 0.717) is 0 Å². The van der Waals surface area contributed by atoms with Crippen molar-refractivity contribution in [2.45, 2.75) is 19.9 Å². The largest absolute Gasteiger partial charge is 0.466 e. The minimum absolute atomic E-state index is 0.0168. The molecule has 19 heavy (non-hydrogen) atoms. The van der Waals surface area contributed by atoms with Crippen LogP contribution in [0.1, 0.15) is 13.8 Å². The van der Waals surface area contributed by atoms with Crippen molar-refractivity contribution in [1.82, 2.24) is 5.32 Å². The quantitative estimate of drug-likeness (QED) is 0.434. The van der Waals surface area contributed by atoms with Crippen LogP contribution in [-0.2, 0) is 23.8 Å². The molecule has 1 amide bonds. The van der Waals surface area contributed by atoms with E-state index in [4.69, 9.17) is 4.74 Å². The van der Waals surface area contributed by atoms with Crippen molar-refractivity contribution in [2.75, 3.05) is 20.8 Å². The Morgan fingerprint density at radius 2 is 1.63 bits per heavy atom. The number of hydrogen-bond acceptors (Lipinski definition) is 6. The molecular weight excluding hydrogens is 254 g/mol. The van der Waals surface area contributed by atoms with Gasteiger partial charge in [-0.15, -0.1) is 0 Å². The molecule has 7 nitrogen and oxygen atoms in total. The molecule has 0 unspecified atom stereocenters. The first-order valence-electron chi connectivity index (χ1n) is 5.68. The van der Waals surface area contributed by atoms with E-state index in [1.54, 1.807) is 0 Å². The summed E-state index contributed by atoms with van der Waals surface area (Å²) in [4.78, 5) is 33.1. The summed E-state index contributed by atoms with van der Waals surface area (Å²) in [5.41, 5.74) is 0. The van der Waals surface area contributed by atoms with Crippen LogP contribution in [0.5, 0.6) is 0 Å². The van der Waals surface area contributed by atoms with E-state index >= 15 is 0 Å². The summed E-state index contributed by atoms with van der Waals surface area (Å²) in [5, 5.41) is 2.54. The number of carbonyl (C=O) groups excluding carboxylic acids is 3. The van der Waals surface area contributed by atoms with E-state index in [9.17, 15) is 14.4 Å². The lowest BCUT2D eigenvalue weighted by Gasteiger charge is -2.20. The molecule has 0 aromatic rings. The lowest BCUT2D eigenvalue weighted by atomic mass is 10.1. The molecule has 0 radical (unpaired) electrons. The summed E-state index contributed by atoms with van der Waals surface area (Å²) < 4.78 is 13.7. The second-order valence-corrected chi connectivity index (χ2v) is 3.97. The molecule has 0 aromatic heterocycles. The van der Waals surface area contributed by atoms with Gasteiger partial charge in [-0.1, -0.05) is 13.8 Å². The number of alkyl carbamates (subject to hydrolysis) is 1. The first-order valence-corrected chi connectivity index (χ1v) is 5.68. The van der Waals surface area contributed by atoms with Gasteiger partial charge >= 0.3 is 18.0 Å². The fraction of sp³-hybridized carbons (Fsp3) is 0.583. The summed E-state index contributed by atoms with van der Waals surface area (Å²) in [5.74, 6) is -1.29. The third-order valence-electron chi connectivity index (χ3n) is 2.26. The Kier molecular flexibility index (Phi) is 7.99. The van der Waals surface area contributed by atoms with Gasteiger partial charge in [0.15, 0.2) is 0 Å². The summed E-state index contributed by atoms with van der Waals surface area (Å²) in [6.07, 6.45) is 1.32. The van der Waals surface area contributed by atoms with Gasteiger partial charge < -0.3 is 19.5 Å². The minimum atomic E-state index is -0.692. The Morgan fingerprint density at radius 3 is 2.11 bits per heavy atom. The monoisotopic (exact) mass is 273 g/mol. The third-order valence-corrected chi connectivity index (χ3v) is 2.26. The summed E-state index contributed by atoms with van der Waals surface area (Å²) in [6, 6.07) is -0.372. The number of ether oxygens (including phenoxy) is 3. The van der Waals surface area contributed by atoms with Crippen LogP contribution in [0.3, 0.4) is 0 Å². The summed E-state index contributed by atoms with van der Waals surface area (Å²) >= 11 is 0. The molecule has 1 atom stereocenters. The molecule has 0 heterocycles. The van der Waals surface area contributed by atoms with E-state index in [2.05, 4.69) is 14.8 Å². The predicted octanol–water partition coefficient (Wildman–Crippen LogP) is 0.639. The van der Waals surface area contributed by atoms with Gasteiger partial charge in [0, 0.05) is 12.2 Å². The first kappa shape index (κ1) is 16.9. The van der Waals surface area contributed by atoms with E-state index < -0.39 is 18.0 Å². The van der Waals surface area contributed by atoms with Crippen LogP contribution >= 0.6 is 0 Å². The molecule has 1 N–H and O–H groups in total. The van der Waals surface area contributed by atoms with Crippen LogP contribution in [0, 0.1) is 5.92 Å². The molecular formula is C12H19NO6. The van der Waals surface area contributed by atoms with E-state index in [0.717, 1.165) is 12.2 Å². The Morgan fingerprint density at radius 1 is 1.05 bits per heavy atom. The predicted molar refractivity (Wildman–Crippen MR) is 66.3 cm³/mol. The zero-order chi connectivity index (χ0) is 14.8. The van der Waals surface area contributed by atoms with E-state index in [-0.39, 0.29) is 18.6 Å². The highest BCUT2D eigenvalue weighted by atomic mass is 16.5. The number of esters is 2. The van der Waals surface area contributed by atoms with Crippen molar-refractivity contribution in [3.8, 4) is 0 Å². The van der Waals surface area contributed by atoms with Crippen molar-refractivity contribution >= 4 is 18.0 Å². The van der Waals surface area contributed by atoms with Crippen molar-refractivity contribution in [2.24, 2.45) is 5.92 Å². The molecule has 0 saturated carbocycles. The average Bonchev–Trinajstić information content (AvgIpc) is 2.39. The molecule has 108 valence electrons. The molecule has 0 aliphatic heterocycles. The maximum absolute atomic E-state index is 11.3. The fourth-order valence-corrected chi connectivity index (χ4v) is 1.04. The van der Waals surface area contributed by atoms with Crippen LogP contribution in [0.15, 0.2) is 12.2 Å². The number of nitrogens with one attached hydrogen (secondary N) is 1. The zero-order valence-corrected chi connectivity index (χ0v) is 11.5. The molecule has 0 spiro atoms. The maximum atomic E-state index is 11.3. The molecule has 7 heteroatoms. The van der Waals surface area contributed by atoms with Crippen molar-refractivity contribution < 1.29 is 28.6 Å². The van der Waals surface area contributed by atoms with Gasteiger partial charge in [-0.3, -0.25) is 0 Å². The van der Waals surface area contributed by atoms with Crippen molar-refractivity contribution in [3.63, 3.8) is 0 Å². The average molecular weight is 273 g/mol. The van der Waals surface area contributed by atoms with Crippen LogP contribution in [0.2, 0.25) is 0 Å². The number of carbonyl (C=O) groups is 3. The highest BCUT2D eigenvalue weighted by Crippen LogP contribution is 2.03. The number of hydrogen-bond donors (Lipinski definition) is 1. The normalized spacial score (nSPS) is 12.1. The van der Waals surface area contributed by atoms with Crippen LogP contribution in [0.4, 0.5) is 4.79 Å². The standard InChI is InChI=1S/C12H19NO6/c1-8(2)9(13-12(16)18-4)7-19-11(15)6-5-10(14)17-3/h5-6,8-9H,7H2,1-4H3,(H,13,16)/b6-5+/t9-/m0/s1. The van der Waals surface area contributed by atoms with Gasteiger partial charge in [0.2, 0.25) is 0 Å². The first-order chi connectivity index (χ1) is 8.90. The highest BCUT2D eigenvalue weighted by Gasteiger charge is 2.18. The minimum Gasteiger partial charge on any atom is -0.466 e. The number of methoxy groups -OCH3 is 2. The number of amides is 1. The second-order valence-electron chi connectivity index (χ2n) is 3.97. The Balaban J connectivity index is 4.25. The van der Waals surface area contributed by atoms with Gasteiger partial charge in [-0.2, -0.15) is 0 Å². The van der Waals surface area contributed by atoms with Gasteiger partial charge in [-0.05, 0) is 5.92 Å². The lowest BCUT2D eigenvalue weighted by molar-refractivity contribution is -0.140. The van der Waals surface area contributed by atoms with Crippen molar-refractivity contribution in [3.05, 3.63) is 12.2 Å². The zero-order valence-electron chi connectivity index (χ0n) is 11.5. The van der Waals surface area contributed by atoms with Crippen LogP contribution < -0.4 is 5.32 Å². The van der Waals surface area contributed by atoms with Gasteiger partial charge in [0.25, 0.3) is 0 Å². The van der Waals surface area contributed by atoms with E-state index in [1.165, 1.54) is 14.2 Å². The Hall–Kier alpha value is -2.05. The van der Waals surface area contributed by atoms with Crippen molar-refractivity contribution in [1.29, 1.82) is 0 Å². The summed E-state index contributed by atoms with van der Waals surface area (Å²) in [7, 11) is 2.45. The SMILES string of the molecule is COC(=O)/C=C/C(=O)OC[C@H](NC(=O)OC)C(C)C. The summed E-state index contributed by atoms with van der Waals surface area (Å²) in [6.45, 7) is 3.70. The fourth-order valence-electron chi connectivity index (χ4n) is 1.04. The van der Waals surface area contributed by atoms with E-state index in [1.807, 2.05) is 13.8 Å². The molecule has 0 aliphatic carbocycles. The molecule has 0 aromatic carbocycles. The van der Waals surface area contributed by atoms with Gasteiger partial charge in [0.1, 0.15) is 6.61 Å². The molecule has 0 aliphatic rings. The van der Waals surface area contributed by atoms with Gasteiger partial charge in [0.05, 0.1) is 20.3 Å². The Labute approximate surface area is 111 Å². The van der Waals surface area contributed by atoms with Gasteiger partial charge in [-0.25, -0.2) is 14.4 Å². The molecule has 0 saturated heterocycles. The third kappa shape index (κ3) is 7.80. The topological polar surface area (TPSA) is 90.9 Å². The molecule has 0 rings (SSSR count). The maximum Gasteiger partial charge on any atom is 0.407 e. The number of rotatable bonds is 6. The second kappa shape index (κ2) is 8.96. The Bertz CT molecular complexity index is 350. The van der Waals surface area contributed by atoms with Crippen LogP contribution in [-0.4, -0.2) is 44.9 Å². The molecule has 0 bridgehead atoms. The molecule has 0 fully saturated rings. The highest BCUT2D eigenvalue weighted by molar-refractivity contribution is 5.91. The van der Waals surface area contributed by atoms with Crippen LogP contribution in [0.25, 0.3) is 0 Å². The lowest BCUT2D eigenvalue weighted by Crippen LogP contribution is -2.42. The smallest absolute Gasteiger partial charge is 0.407 e.